The minimum atomic E-state index is -0.930. The molecule has 8 amide bonds. The van der Waals surface area contributed by atoms with Crippen molar-refractivity contribution in [3.05, 3.63) is 89.9 Å². The monoisotopic (exact) mass is 1480 g/mol. The first-order valence-corrected chi connectivity index (χ1v) is 36.7. The third kappa shape index (κ3) is 17.1. The summed E-state index contributed by atoms with van der Waals surface area (Å²) in [6.45, 7) is 2.14. The van der Waals surface area contributed by atoms with E-state index < -0.39 is 54.0 Å². The first kappa shape index (κ1) is 77.1. The molecule has 7 heterocycles. The number of fused-ring (bicyclic) bond motifs is 3. The van der Waals surface area contributed by atoms with Crippen LogP contribution in [-0.4, -0.2) is 183 Å². The second-order valence-corrected chi connectivity index (χ2v) is 30.3. The van der Waals surface area contributed by atoms with Gasteiger partial charge in [0.1, 0.15) is 76.1 Å². The van der Waals surface area contributed by atoms with E-state index in [0.29, 0.717) is 112 Å². The van der Waals surface area contributed by atoms with Gasteiger partial charge in [-0.05, 0) is 199 Å². The molecule has 5 saturated carbocycles. The normalized spacial score (nSPS) is 23.4. The van der Waals surface area contributed by atoms with Crippen LogP contribution in [0.5, 0.6) is 17.2 Å². The molecule has 4 saturated heterocycles. The Morgan fingerprint density at radius 3 is 1.29 bits per heavy atom. The number of benzene rings is 3. The molecule has 9 atom stereocenters. The van der Waals surface area contributed by atoms with Crippen LogP contribution in [-0.2, 0) is 38.4 Å². The zero-order valence-electron chi connectivity index (χ0n) is 60.1. The molecule has 3 aromatic carbocycles. The maximum atomic E-state index is 13.6. The maximum Gasteiger partial charge on any atom is 0.326 e. The smallest absolute Gasteiger partial charge is 0.326 e. The van der Waals surface area contributed by atoms with Crippen molar-refractivity contribution in [1.29, 1.82) is 5.26 Å². The van der Waals surface area contributed by atoms with E-state index in [1.165, 1.54) is 4.90 Å². The van der Waals surface area contributed by atoms with E-state index in [9.17, 15) is 63.1 Å². The summed E-state index contributed by atoms with van der Waals surface area (Å²) in [5.41, 5.74) is 19.9. The number of aliphatic carboxylic acids is 1. The number of nitrogens with one attached hydrogen (secondary N) is 6. The molecule has 3 spiro atoms. The van der Waals surface area contributed by atoms with Crippen molar-refractivity contribution in [2.75, 3.05) is 47.5 Å². The zero-order valence-corrected chi connectivity index (χ0v) is 60.9. The molecule has 13 N–H and O–H groups in total. The van der Waals surface area contributed by atoms with E-state index >= 15 is 0 Å². The van der Waals surface area contributed by atoms with Crippen LogP contribution in [0.4, 0.5) is 0 Å². The van der Waals surface area contributed by atoms with Crippen molar-refractivity contribution in [2.45, 2.75) is 178 Å². The molecule has 0 radical (unpaired) electrons. The van der Waals surface area contributed by atoms with Crippen molar-refractivity contribution in [3.8, 4) is 23.3 Å². The first-order chi connectivity index (χ1) is 50.4. The van der Waals surface area contributed by atoms with Crippen molar-refractivity contribution in [3.63, 3.8) is 0 Å². The third-order valence-electron chi connectivity index (χ3n) is 23.5. The quantitative estimate of drug-likeness (QED) is 0.0389. The number of nitrogens with zero attached hydrogens (tertiary/aromatic N) is 4. The molecule has 3 aromatic heterocycles. The summed E-state index contributed by atoms with van der Waals surface area (Å²) in [6.07, 6.45) is 16.6. The highest BCUT2D eigenvalue weighted by atomic mass is 35.5. The van der Waals surface area contributed by atoms with E-state index in [-0.39, 0.29) is 99.8 Å². The van der Waals surface area contributed by atoms with Crippen LogP contribution in [0.3, 0.4) is 0 Å². The second-order valence-electron chi connectivity index (χ2n) is 30.3. The molecule has 6 aromatic rings. The third-order valence-corrected chi connectivity index (χ3v) is 23.5. The Morgan fingerprint density at radius 1 is 0.557 bits per heavy atom. The number of primary amides is 2. The summed E-state index contributed by atoms with van der Waals surface area (Å²) in [4.78, 5) is 151. The number of hydrogen-bond donors (Lipinski definition) is 10. The van der Waals surface area contributed by atoms with E-state index in [1.807, 2.05) is 54.6 Å². The predicted molar refractivity (Wildman–Crippen MR) is 392 cm³/mol. The Balaban J connectivity index is 0.000000148. The van der Waals surface area contributed by atoms with Gasteiger partial charge in [-0.15, -0.1) is 12.4 Å². The Bertz CT molecular complexity index is 4410. The van der Waals surface area contributed by atoms with Crippen molar-refractivity contribution in [1.82, 2.24) is 45.6 Å². The number of halogens is 1. The minimum absolute atomic E-state index is 0. The molecule has 0 bridgehead atoms. The fourth-order valence-corrected chi connectivity index (χ4v) is 16.5. The number of carboxylic acids is 1. The Morgan fingerprint density at radius 2 is 0.953 bits per heavy atom. The summed E-state index contributed by atoms with van der Waals surface area (Å²) in [5, 5.41) is 30.0. The lowest BCUT2D eigenvalue weighted by molar-refractivity contribution is -0.144. The molecule has 566 valence electrons. The second kappa shape index (κ2) is 32.4. The van der Waals surface area contributed by atoms with Gasteiger partial charge >= 0.3 is 5.97 Å². The van der Waals surface area contributed by atoms with Gasteiger partial charge in [-0.1, -0.05) is 18.2 Å². The average molecular weight is 1480 g/mol. The number of aromatic amines is 3. The van der Waals surface area contributed by atoms with Crippen LogP contribution in [0.25, 0.3) is 32.7 Å². The highest BCUT2D eigenvalue weighted by Gasteiger charge is 2.54. The van der Waals surface area contributed by atoms with Gasteiger partial charge in [0.15, 0.2) is 0 Å². The van der Waals surface area contributed by atoms with Gasteiger partial charge in [-0.2, -0.15) is 5.26 Å². The topological polar surface area (TPSA) is 431 Å². The first-order valence-electron chi connectivity index (χ1n) is 36.7. The number of amides is 8. The van der Waals surface area contributed by atoms with Gasteiger partial charge in [-0.3, -0.25) is 47.9 Å². The lowest BCUT2D eigenvalue weighted by Crippen LogP contribution is -2.57. The number of carboxylic acid groups (broad SMARTS) is 1. The Kier molecular flexibility index (Phi) is 23.5. The van der Waals surface area contributed by atoms with Crippen LogP contribution in [0.1, 0.15) is 173 Å². The zero-order chi connectivity index (χ0) is 74.6. The number of likely N-dealkylation sites (tertiary alicyclic amines) is 3. The van der Waals surface area contributed by atoms with Crippen molar-refractivity contribution >= 4 is 110 Å². The SMILES string of the molecule is COc1cccc2[nH]c(C(=O)N3CCC4(CC4)C[C@H]3C(=O)N[C@@H](C[C@@H]3CCCC3=O)C(N)=O)cc12.COc1cccc2[nH]c(C(=O)N3CCC4(CC4)C[C@H]3C(=O)N[C@H](C#N)C[C@@H]3CCCC3=O)cc12.COc1cccc2[nH]c(C(=O)N3CCC4(CC4)C[C@H]3C(=O)O)cc12.Cl.NC(=O)[C@@H](N)C[C@@H]1CCNC1=O. The summed E-state index contributed by atoms with van der Waals surface area (Å²) in [7, 11) is 4.76. The summed E-state index contributed by atoms with van der Waals surface area (Å²) >= 11 is 0. The number of methoxy groups -OCH3 is 3. The van der Waals surface area contributed by atoms with Crippen LogP contribution < -0.4 is 47.4 Å². The summed E-state index contributed by atoms with van der Waals surface area (Å²) in [6, 6.07) is 19.7. The number of piperidine rings is 3. The highest BCUT2D eigenvalue weighted by molar-refractivity contribution is 6.04. The average Bonchev–Trinajstić information content (AvgIpc) is 1.61. The minimum Gasteiger partial charge on any atom is -0.496 e. The fourth-order valence-electron chi connectivity index (χ4n) is 16.5. The molecule has 5 aliphatic carbocycles. The van der Waals surface area contributed by atoms with Gasteiger partial charge in [0.25, 0.3) is 17.7 Å². The molecule has 9 fully saturated rings. The van der Waals surface area contributed by atoms with Gasteiger partial charge in [0.2, 0.25) is 29.5 Å². The van der Waals surface area contributed by atoms with Crippen LogP contribution in [0, 0.1) is 45.3 Å². The number of nitrogens with two attached hydrogens (primary N) is 3. The largest absolute Gasteiger partial charge is 0.496 e. The van der Waals surface area contributed by atoms with E-state index in [0.717, 1.165) is 116 Å². The van der Waals surface area contributed by atoms with E-state index in [4.69, 9.17) is 31.4 Å². The van der Waals surface area contributed by atoms with E-state index in [2.05, 4.69) is 37.0 Å². The molecule has 9 aliphatic rings. The number of hydrogen-bond acceptors (Lipinski definition) is 16. The molecule has 106 heavy (non-hydrogen) atoms. The summed E-state index contributed by atoms with van der Waals surface area (Å²) in [5.74, 6) is -1.80. The standard InChI is InChI=1S/C26H32N4O5.C26H30N4O4.C18H20N2O4.C7H13N3O2.ClH/c1-35-22-7-3-5-17-16(22)13-19(28-17)25(34)30-11-10-26(8-9-26)14-20(30)24(33)29-18(23(27)32)12-15-4-2-6-21(15)31;1-34-23-7-3-5-19-18(23)13-20(29-19)25(33)30-11-10-26(8-9-26)14-21(30)24(32)28-17(15-27)12-16-4-2-6-22(16)31;1-24-15-4-2-3-12-11(15)9-13(19-12)16(21)20-8-7-18(5-6-18)10-14(20)17(22)23;8-5(6(9)11)3-4-1-2-10-7(4)12;/h3,5,7,13,15,18,20,28H,2,4,6,8-12,14H2,1H3,(H2,27,32)(H,29,33);3,5,7,13,16-17,21,29H,2,4,6,8-12,14H2,1H3,(H,28,32);2-4,9,14,19H,5-8,10H2,1H3,(H,22,23);4-5H,1-3,8H2,(H2,9,11)(H,10,12);1H/t15-,18-,20-;16-,17-,21-;14-;4-,5-;/m0000./s1. The lowest BCUT2D eigenvalue weighted by Gasteiger charge is -2.39. The number of rotatable bonds is 19. The van der Waals surface area contributed by atoms with Gasteiger partial charge in [-0.25, -0.2) is 4.79 Å². The van der Waals surface area contributed by atoms with Crippen molar-refractivity contribution in [2.24, 2.45) is 51.2 Å². The highest BCUT2D eigenvalue weighted by Crippen LogP contribution is 2.57. The molecule has 0 unspecified atom stereocenters. The number of carbonyl (C=O) groups excluding carboxylic acids is 10. The molecule has 28 nitrogen and oxygen atoms in total. The van der Waals surface area contributed by atoms with E-state index in [1.54, 1.807) is 49.3 Å². The van der Waals surface area contributed by atoms with Gasteiger partial charge < -0.3 is 82.1 Å². The number of Topliss-reactive ketones (excluding diaryl/α,β-unsaturated/α-hetero) is 2. The van der Waals surface area contributed by atoms with Gasteiger partial charge in [0.05, 0.1) is 33.4 Å². The number of ether oxygens (including phenoxy) is 3. The maximum absolute atomic E-state index is 13.6. The fraction of sp³-hybridized carbons (Fsp3) is 0.532. The molecule has 29 heteroatoms. The Hall–Kier alpha value is -10.0. The molecular formula is C77H96ClN13O15. The molecule has 4 aliphatic heterocycles. The van der Waals surface area contributed by atoms with Gasteiger partial charge in [0, 0.05) is 89.5 Å². The lowest BCUT2D eigenvalue weighted by atomic mass is 9.87. The number of ketones is 2. The van der Waals surface area contributed by atoms with Crippen molar-refractivity contribution < 1.29 is 72.1 Å². The molecular weight excluding hydrogens is 1380 g/mol. The number of aromatic nitrogens is 3. The van der Waals surface area contributed by atoms with Crippen LogP contribution in [0.15, 0.2) is 72.8 Å². The predicted octanol–water partition coefficient (Wildman–Crippen LogP) is 7.01. The summed E-state index contributed by atoms with van der Waals surface area (Å²) < 4.78 is 16.1. The number of nitriles is 1. The molecule has 15 rings (SSSR count). The Labute approximate surface area is 619 Å². The number of H-pyrrole nitrogens is 3. The van der Waals surface area contributed by atoms with Crippen LogP contribution in [0.2, 0.25) is 0 Å². The number of carbonyl (C=O) groups is 11. The van der Waals surface area contributed by atoms with Crippen LogP contribution >= 0.6 is 12.4 Å².